The van der Waals surface area contributed by atoms with Crippen molar-refractivity contribution in [2.75, 3.05) is 26.4 Å². The van der Waals surface area contributed by atoms with Crippen LogP contribution in [-0.4, -0.2) is 32.5 Å². The van der Waals surface area contributed by atoms with Crippen LogP contribution in [0.5, 0.6) is 11.5 Å². The Labute approximate surface area is 134 Å². The van der Waals surface area contributed by atoms with Crippen LogP contribution in [0.4, 0.5) is 0 Å². The van der Waals surface area contributed by atoms with E-state index in [9.17, 15) is 0 Å². The lowest BCUT2D eigenvalue weighted by molar-refractivity contribution is -0.00809. The van der Waals surface area contributed by atoms with Gasteiger partial charge in [-0.05, 0) is 43.5 Å². The number of rotatable bonds is 4. The molecule has 21 heavy (non-hydrogen) atoms. The van der Waals surface area contributed by atoms with Gasteiger partial charge in [-0.2, -0.15) is 0 Å². The summed E-state index contributed by atoms with van der Waals surface area (Å²) in [5.41, 5.74) is 1.19. The van der Waals surface area contributed by atoms with E-state index in [1.807, 2.05) is 6.07 Å². The molecule has 2 aliphatic rings. The minimum Gasteiger partial charge on any atom is -0.486 e. The van der Waals surface area contributed by atoms with Crippen molar-refractivity contribution in [3.05, 3.63) is 22.2 Å². The van der Waals surface area contributed by atoms with Gasteiger partial charge in [-0.3, -0.25) is 0 Å². The monoisotopic (exact) mass is 355 g/mol. The summed E-state index contributed by atoms with van der Waals surface area (Å²) >= 11 is 3.68. The first-order valence-electron chi connectivity index (χ1n) is 7.73. The third kappa shape index (κ3) is 3.35. The van der Waals surface area contributed by atoms with Gasteiger partial charge < -0.3 is 19.5 Å². The second-order valence-electron chi connectivity index (χ2n) is 5.46. The molecule has 0 saturated carbocycles. The summed E-state index contributed by atoms with van der Waals surface area (Å²) < 4.78 is 18.4. The lowest BCUT2D eigenvalue weighted by atomic mass is 9.95. The van der Waals surface area contributed by atoms with Crippen LogP contribution < -0.4 is 14.8 Å². The highest BCUT2D eigenvalue weighted by Crippen LogP contribution is 2.40. The maximum atomic E-state index is 5.99. The van der Waals surface area contributed by atoms with E-state index >= 15 is 0 Å². The fourth-order valence-electron chi connectivity index (χ4n) is 3.01. The van der Waals surface area contributed by atoms with Crippen molar-refractivity contribution in [2.24, 2.45) is 0 Å². The predicted molar refractivity (Wildman–Crippen MR) is 85.1 cm³/mol. The number of hydrogen-bond acceptors (Lipinski definition) is 4. The van der Waals surface area contributed by atoms with Gasteiger partial charge in [0.15, 0.2) is 11.5 Å². The average molecular weight is 356 g/mol. The van der Waals surface area contributed by atoms with Crippen molar-refractivity contribution < 1.29 is 14.2 Å². The largest absolute Gasteiger partial charge is 0.486 e. The summed E-state index contributed by atoms with van der Waals surface area (Å²) in [5, 5.41) is 3.56. The van der Waals surface area contributed by atoms with Gasteiger partial charge in [0.25, 0.3) is 0 Å². The summed E-state index contributed by atoms with van der Waals surface area (Å²) in [6.07, 6.45) is 3.71. The number of ether oxygens (including phenoxy) is 3. The molecule has 0 aromatic heterocycles. The molecular formula is C16H22BrNO3. The fourth-order valence-corrected chi connectivity index (χ4v) is 3.58. The molecule has 1 saturated heterocycles. The zero-order chi connectivity index (χ0) is 14.7. The number of hydrogen-bond donors (Lipinski definition) is 1. The average Bonchev–Trinajstić information content (AvgIpc) is 2.53. The van der Waals surface area contributed by atoms with Crippen molar-refractivity contribution in [1.29, 1.82) is 0 Å². The summed E-state index contributed by atoms with van der Waals surface area (Å²) in [5.74, 6) is 1.65. The quantitative estimate of drug-likeness (QED) is 0.897. The van der Waals surface area contributed by atoms with Gasteiger partial charge in [0.2, 0.25) is 0 Å². The van der Waals surface area contributed by atoms with Crippen LogP contribution in [0.1, 0.15) is 37.8 Å². The summed E-state index contributed by atoms with van der Waals surface area (Å²) in [4.78, 5) is 0. The number of nitrogens with one attached hydrogen (secondary N) is 1. The molecule has 116 valence electrons. The van der Waals surface area contributed by atoms with Crippen LogP contribution in [0.15, 0.2) is 16.6 Å². The van der Waals surface area contributed by atoms with Gasteiger partial charge in [0.05, 0.1) is 12.1 Å². The second-order valence-corrected chi connectivity index (χ2v) is 6.31. The molecule has 0 bridgehead atoms. The van der Waals surface area contributed by atoms with Crippen LogP contribution in [0.2, 0.25) is 0 Å². The Morgan fingerprint density at radius 2 is 1.95 bits per heavy atom. The smallest absolute Gasteiger partial charge is 0.162 e. The molecule has 0 aliphatic carbocycles. The van der Waals surface area contributed by atoms with Gasteiger partial charge in [0, 0.05) is 11.1 Å². The Morgan fingerprint density at radius 1 is 1.19 bits per heavy atom. The van der Waals surface area contributed by atoms with Gasteiger partial charge in [-0.25, -0.2) is 0 Å². The molecule has 1 aromatic rings. The number of halogens is 1. The topological polar surface area (TPSA) is 39.7 Å². The molecule has 0 spiro atoms. The SMILES string of the molecule is CCNC(c1cc2c(cc1Br)OCCO2)C1CCCCO1. The molecular weight excluding hydrogens is 334 g/mol. The van der Waals surface area contributed by atoms with Crippen molar-refractivity contribution in [1.82, 2.24) is 5.32 Å². The Hall–Kier alpha value is -0.780. The first-order valence-corrected chi connectivity index (χ1v) is 8.53. The van der Waals surface area contributed by atoms with E-state index in [1.165, 1.54) is 12.0 Å². The van der Waals surface area contributed by atoms with Crippen LogP contribution in [0, 0.1) is 0 Å². The molecule has 0 amide bonds. The van der Waals surface area contributed by atoms with E-state index in [4.69, 9.17) is 14.2 Å². The van der Waals surface area contributed by atoms with Crippen LogP contribution >= 0.6 is 15.9 Å². The van der Waals surface area contributed by atoms with Crippen LogP contribution in [0.25, 0.3) is 0 Å². The summed E-state index contributed by atoms with van der Waals surface area (Å²) in [7, 11) is 0. The highest BCUT2D eigenvalue weighted by atomic mass is 79.9. The lowest BCUT2D eigenvalue weighted by Crippen LogP contribution is -2.36. The normalized spacial score (nSPS) is 22.9. The Morgan fingerprint density at radius 3 is 2.62 bits per heavy atom. The van der Waals surface area contributed by atoms with E-state index in [0.29, 0.717) is 13.2 Å². The Bertz CT molecular complexity index is 489. The van der Waals surface area contributed by atoms with Crippen molar-refractivity contribution >= 4 is 15.9 Å². The predicted octanol–water partition coefficient (Wildman–Crippen LogP) is 3.44. The van der Waals surface area contributed by atoms with Crippen LogP contribution in [-0.2, 0) is 4.74 Å². The molecule has 0 radical (unpaired) electrons. The third-order valence-corrected chi connectivity index (χ3v) is 4.69. The van der Waals surface area contributed by atoms with Crippen molar-refractivity contribution in [2.45, 2.75) is 38.3 Å². The molecule has 5 heteroatoms. The lowest BCUT2D eigenvalue weighted by Gasteiger charge is -2.32. The van der Waals surface area contributed by atoms with Gasteiger partial charge in [0.1, 0.15) is 13.2 Å². The first kappa shape index (κ1) is 15.1. The zero-order valence-corrected chi connectivity index (χ0v) is 13.9. The second kappa shape index (κ2) is 6.99. The number of benzene rings is 1. The van der Waals surface area contributed by atoms with E-state index in [2.05, 4.69) is 34.2 Å². The van der Waals surface area contributed by atoms with Gasteiger partial charge >= 0.3 is 0 Å². The van der Waals surface area contributed by atoms with Gasteiger partial charge in [-0.15, -0.1) is 0 Å². The highest BCUT2D eigenvalue weighted by Gasteiger charge is 2.28. The maximum absolute atomic E-state index is 5.99. The molecule has 2 unspecified atom stereocenters. The Balaban J connectivity index is 1.90. The zero-order valence-electron chi connectivity index (χ0n) is 12.4. The first-order chi connectivity index (χ1) is 10.3. The van der Waals surface area contributed by atoms with E-state index in [-0.39, 0.29) is 12.1 Å². The van der Waals surface area contributed by atoms with E-state index in [0.717, 1.165) is 42.0 Å². The fraction of sp³-hybridized carbons (Fsp3) is 0.625. The molecule has 3 rings (SSSR count). The molecule has 2 aliphatic heterocycles. The van der Waals surface area contributed by atoms with E-state index in [1.54, 1.807) is 0 Å². The van der Waals surface area contributed by atoms with Crippen molar-refractivity contribution in [3.63, 3.8) is 0 Å². The standard InChI is InChI=1S/C16H22BrNO3/c1-2-18-16(13-5-3-4-6-19-13)11-9-14-15(10-12(11)17)21-8-7-20-14/h9-10,13,16,18H,2-8H2,1H3. The molecule has 2 atom stereocenters. The molecule has 1 N–H and O–H groups in total. The van der Waals surface area contributed by atoms with Gasteiger partial charge in [-0.1, -0.05) is 22.9 Å². The minimum atomic E-state index is 0.181. The minimum absolute atomic E-state index is 0.181. The van der Waals surface area contributed by atoms with Crippen molar-refractivity contribution in [3.8, 4) is 11.5 Å². The van der Waals surface area contributed by atoms with Crippen LogP contribution in [0.3, 0.4) is 0 Å². The maximum Gasteiger partial charge on any atom is 0.162 e. The summed E-state index contributed by atoms with van der Waals surface area (Å²) in [6.45, 7) is 5.11. The highest BCUT2D eigenvalue weighted by molar-refractivity contribution is 9.10. The molecule has 1 aromatic carbocycles. The Kier molecular flexibility index (Phi) is 5.03. The molecule has 1 fully saturated rings. The molecule has 4 nitrogen and oxygen atoms in total. The third-order valence-electron chi connectivity index (χ3n) is 4.01. The summed E-state index contributed by atoms with van der Waals surface area (Å²) in [6, 6.07) is 4.28. The molecule has 2 heterocycles. The number of likely N-dealkylation sites (N-methyl/N-ethyl adjacent to an activating group) is 1. The number of fused-ring (bicyclic) bond motifs is 1. The van der Waals surface area contributed by atoms with E-state index < -0.39 is 0 Å².